The van der Waals surface area contributed by atoms with E-state index < -0.39 is 0 Å². The van der Waals surface area contributed by atoms with E-state index in [0.717, 1.165) is 0 Å². The van der Waals surface area contributed by atoms with Crippen molar-refractivity contribution in [3.05, 3.63) is 0 Å². The van der Waals surface area contributed by atoms with Crippen LogP contribution in [0.4, 0.5) is 0 Å². The summed E-state index contributed by atoms with van der Waals surface area (Å²) in [4.78, 5) is 0. The topological polar surface area (TPSA) is 0 Å². The SMILES string of the molecule is C.P.S.[Pb]. The van der Waals surface area contributed by atoms with Gasteiger partial charge in [0.25, 0.3) is 0 Å². The molecule has 0 amide bonds. The second kappa shape index (κ2) is 22.2. The third-order valence-corrected chi connectivity index (χ3v) is 0. The van der Waals surface area contributed by atoms with E-state index in [1.54, 1.807) is 0 Å². The van der Waals surface area contributed by atoms with Crippen LogP contribution < -0.4 is 0 Å². The fourth-order valence-corrected chi connectivity index (χ4v) is 0. The second-order valence-corrected chi connectivity index (χ2v) is 0. The van der Waals surface area contributed by atoms with Gasteiger partial charge in [-0.2, -0.15) is 23.4 Å². The molecule has 1 atom stereocenters. The molecule has 0 nitrogen and oxygen atoms in total. The molecule has 0 aliphatic heterocycles. The Morgan fingerprint density at radius 1 is 1.00 bits per heavy atom. The van der Waals surface area contributed by atoms with E-state index in [9.17, 15) is 0 Å². The fourth-order valence-electron chi connectivity index (χ4n) is 0. The molecule has 4 heavy (non-hydrogen) atoms. The molecule has 0 fully saturated rings. The molecule has 0 heterocycles. The molecule has 0 saturated carbocycles. The Kier molecular flexibility index (Phi) is 242. The van der Waals surface area contributed by atoms with Crippen molar-refractivity contribution in [1.29, 1.82) is 0 Å². The summed E-state index contributed by atoms with van der Waals surface area (Å²) in [7, 11) is 0. The van der Waals surface area contributed by atoms with E-state index in [-0.39, 0.29) is 58.1 Å². The summed E-state index contributed by atoms with van der Waals surface area (Å²) in [5.41, 5.74) is 0. The maximum atomic E-state index is 0. The van der Waals surface area contributed by atoms with E-state index in [0.29, 0.717) is 0 Å². The molecular weight excluding hydrogens is 282 g/mol. The van der Waals surface area contributed by atoms with Crippen LogP contribution in [0.5, 0.6) is 0 Å². The third-order valence-electron chi connectivity index (χ3n) is 0. The Morgan fingerprint density at radius 3 is 1.00 bits per heavy atom. The van der Waals surface area contributed by atoms with Crippen molar-refractivity contribution in [2.75, 3.05) is 0 Å². The maximum absolute atomic E-state index is 0. The predicted octanol–water partition coefficient (Wildman–Crippen LogP) is 0.426. The molecule has 0 aliphatic rings. The molecule has 0 saturated heterocycles. The Hall–Kier alpha value is 1.70. The van der Waals surface area contributed by atoms with Gasteiger partial charge >= 0.3 is 0 Å². The van der Waals surface area contributed by atoms with Crippen LogP contribution in [0.25, 0.3) is 0 Å². The van der Waals surface area contributed by atoms with Gasteiger partial charge in [-0.25, -0.2) is 0 Å². The van der Waals surface area contributed by atoms with Gasteiger partial charge in [-0.1, -0.05) is 7.43 Å². The molecule has 4 radical (unpaired) electrons. The molecule has 0 bridgehead atoms. The first-order chi connectivity index (χ1) is 0. The molecule has 0 aromatic heterocycles. The van der Waals surface area contributed by atoms with E-state index >= 15 is 0 Å². The zero-order valence-electron chi connectivity index (χ0n) is 1.71. The first-order valence-corrected chi connectivity index (χ1v) is 0. The van der Waals surface area contributed by atoms with Crippen molar-refractivity contribution in [2.24, 2.45) is 0 Å². The molecule has 0 aromatic carbocycles. The fraction of sp³-hybridized carbons (Fsp3) is 1.00. The molecule has 0 aromatic rings. The zero-order chi connectivity index (χ0) is 0. The van der Waals surface area contributed by atoms with Gasteiger partial charge in [-0.15, -0.1) is 0 Å². The zero-order valence-corrected chi connectivity index (χ0v) is 8.01. The van der Waals surface area contributed by atoms with Crippen LogP contribution in [-0.2, 0) is 0 Å². The summed E-state index contributed by atoms with van der Waals surface area (Å²) in [6.45, 7) is 0. The van der Waals surface area contributed by atoms with Gasteiger partial charge in [0.15, 0.2) is 0 Å². The summed E-state index contributed by atoms with van der Waals surface area (Å²) in [5.74, 6) is 0. The molecular formula is CH9PPbS. The van der Waals surface area contributed by atoms with Crippen LogP contribution in [0.2, 0.25) is 0 Å². The molecule has 0 rings (SSSR count). The van der Waals surface area contributed by atoms with Crippen molar-refractivity contribution in [3.8, 4) is 0 Å². The number of rotatable bonds is 0. The van der Waals surface area contributed by atoms with Crippen molar-refractivity contribution >= 4 is 50.7 Å². The summed E-state index contributed by atoms with van der Waals surface area (Å²) in [6.07, 6.45) is 0. The van der Waals surface area contributed by atoms with E-state index in [1.165, 1.54) is 0 Å². The third kappa shape index (κ3) is 9.33. The first kappa shape index (κ1) is 43.5. The Morgan fingerprint density at radius 2 is 1.00 bits per heavy atom. The molecule has 0 spiro atoms. The minimum Gasteiger partial charge on any atom is -0.197 e. The summed E-state index contributed by atoms with van der Waals surface area (Å²) >= 11 is 0. The van der Waals surface area contributed by atoms with Crippen molar-refractivity contribution in [2.45, 2.75) is 7.43 Å². The average Bonchev–Trinajstić information content (AvgIpc) is 0. The normalized spacial score (nSPS) is 0. The minimum absolute atomic E-state index is 0. The van der Waals surface area contributed by atoms with Crippen molar-refractivity contribution in [3.63, 3.8) is 0 Å². The van der Waals surface area contributed by atoms with Crippen LogP contribution in [0, 0.1) is 0 Å². The Bertz CT molecular complexity index is 8.00. The van der Waals surface area contributed by atoms with Gasteiger partial charge in [0, 0.05) is 27.3 Å². The maximum Gasteiger partial charge on any atom is 0 e. The summed E-state index contributed by atoms with van der Waals surface area (Å²) < 4.78 is 0. The Balaban J connectivity index is 0. The number of hydrogen-bond donors (Lipinski definition) is 0. The Labute approximate surface area is 58.0 Å². The minimum atomic E-state index is 0. The first-order valence-electron chi connectivity index (χ1n) is 0. The standard InChI is InChI=1S/CH4.H3P.Pb.H2S/h1H4;1H3;;1H2. The smallest absolute Gasteiger partial charge is 0 e. The monoisotopic (exact) mass is 292 g/mol. The molecule has 0 aliphatic carbocycles. The summed E-state index contributed by atoms with van der Waals surface area (Å²) in [6, 6.07) is 0. The van der Waals surface area contributed by atoms with Crippen LogP contribution in [0.1, 0.15) is 7.43 Å². The second-order valence-electron chi connectivity index (χ2n) is 0. The van der Waals surface area contributed by atoms with Crippen molar-refractivity contribution in [1.82, 2.24) is 0 Å². The van der Waals surface area contributed by atoms with E-state index in [2.05, 4.69) is 0 Å². The molecule has 28 valence electrons. The van der Waals surface area contributed by atoms with Gasteiger partial charge in [-0.3, -0.25) is 0 Å². The van der Waals surface area contributed by atoms with Gasteiger partial charge < -0.3 is 0 Å². The van der Waals surface area contributed by atoms with E-state index in [1.807, 2.05) is 0 Å². The largest absolute Gasteiger partial charge is 0.197 e. The molecule has 1 unspecified atom stereocenters. The van der Waals surface area contributed by atoms with Crippen LogP contribution >= 0.6 is 23.4 Å². The summed E-state index contributed by atoms with van der Waals surface area (Å²) in [5, 5.41) is 0. The van der Waals surface area contributed by atoms with Gasteiger partial charge in [0.05, 0.1) is 0 Å². The van der Waals surface area contributed by atoms with Crippen molar-refractivity contribution < 1.29 is 0 Å². The van der Waals surface area contributed by atoms with Crippen LogP contribution in [-0.4, -0.2) is 27.3 Å². The molecule has 0 N–H and O–H groups in total. The van der Waals surface area contributed by atoms with Gasteiger partial charge in [0.2, 0.25) is 0 Å². The quantitative estimate of drug-likeness (QED) is 0.448. The average molecular weight is 291 g/mol. The molecule has 3 heteroatoms. The number of hydrogen-bond acceptors (Lipinski definition) is 0. The van der Waals surface area contributed by atoms with Gasteiger partial charge in [-0.05, 0) is 0 Å². The predicted molar refractivity (Wildman–Crippen MR) is 34.0 cm³/mol. The van der Waals surface area contributed by atoms with Gasteiger partial charge in [0.1, 0.15) is 0 Å². The van der Waals surface area contributed by atoms with Crippen LogP contribution in [0.15, 0.2) is 0 Å². The van der Waals surface area contributed by atoms with Crippen LogP contribution in [0.3, 0.4) is 0 Å². The van der Waals surface area contributed by atoms with E-state index in [4.69, 9.17) is 0 Å².